The smallest absolute Gasteiger partial charge is 0.246 e. The van der Waals surface area contributed by atoms with Gasteiger partial charge in [0.15, 0.2) is 0 Å². The van der Waals surface area contributed by atoms with Crippen molar-refractivity contribution in [3.63, 3.8) is 0 Å². The highest BCUT2D eigenvalue weighted by Gasteiger charge is 2.31. The second-order valence-corrected chi connectivity index (χ2v) is 4.57. The third-order valence-corrected chi connectivity index (χ3v) is 3.29. The lowest BCUT2D eigenvalue weighted by atomic mass is 10.0. The van der Waals surface area contributed by atoms with Gasteiger partial charge in [-0.15, -0.1) is 0 Å². The summed E-state index contributed by atoms with van der Waals surface area (Å²) in [6, 6.07) is 8.95. The van der Waals surface area contributed by atoms with E-state index in [-0.39, 0.29) is 17.9 Å². The van der Waals surface area contributed by atoms with Gasteiger partial charge >= 0.3 is 0 Å². The van der Waals surface area contributed by atoms with Crippen molar-refractivity contribution in [2.75, 3.05) is 7.05 Å². The van der Waals surface area contributed by atoms with Gasteiger partial charge in [-0.1, -0.05) is 12.1 Å². The van der Waals surface area contributed by atoms with E-state index in [0.29, 0.717) is 24.9 Å². The van der Waals surface area contributed by atoms with Crippen molar-refractivity contribution in [1.82, 2.24) is 10.2 Å². The van der Waals surface area contributed by atoms with Crippen LogP contribution in [0.1, 0.15) is 24.0 Å². The first-order valence-electron chi connectivity index (χ1n) is 6.14. The Balaban J connectivity index is 1.93. The van der Waals surface area contributed by atoms with Gasteiger partial charge in [0.1, 0.15) is 0 Å². The van der Waals surface area contributed by atoms with E-state index >= 15 is 0 Å². The van der Waals surface area contributed by atoms with Gasteiger partial charge in [-0.25, -0.2) is 0 Å². The second-order valence-electron chi connectivity index (χ2n) is 4.57. The van der Waals surface area contributed by atoms with Crippen LogP contribution in [0.15, 0.2) is 24.3 Å². The molecule has 1 aliphatic heterocycles. The number of carbonyl (C=O) groups is 2. The summed E-state index contributed by atoms with van der Waals surface area (Å²) in [6.07, 6.45) is 0.936. The number of nitrogens with one attached hydrogen (secondary N) is 1. The molecule has 1 fully saturated rings. The number of hydrogen-bond acceptors (Lipinski definition) is 4. The average molecular weight is 257 g/mol. The SMILES string of the molecule is CN1C(=O)CCC(NCc2ccc(C#N)cc2)C1=O. The first-order valence-corrected chi connectivity index (χ1v) is 6.14. The highest BCUT2D eigenvalue weighted by Crippen LogP contribution is 2.12. The quantitative estimate of drug-likeness (QED) is 0.813. The Hall–Kier alpha value is -2.19. The number of likely N-dealkylation sites (tertiary alicyclic amines) is 1. The van der Waals surface area contributed by atoms with Gasteiger partial charge in [0.2, 0.25) is 11.8 Å². The van der Waals surface area contributed by atoms with E-state index in [9.17, 15) is 9.59 Å². The summed E-state index contributed by atoms with van der Waals surface area (Å²) in [4.78, 5) is 24.4. The molecule has 5 nitrogen and oxygen atoms in total. The van der Waals surface area contributed by atoms with Crippen LogP contribution >= 0.6 is 0 Å². The Morgan fingerprint density at radius 3 is 2.68 bits per heavy atom. The monoisotopic (exact) mass is 257 g/mol. The van der Waals surface area contributed by atoms with Crippen LogP contribution in [0.2, 0.25) is 0 Å². The average Bonchev–Trinajstić information content (AvgIpc) is 2.45. The molecule has 1 unspecified atom stereocenters. The maximum atomic E-state index is 11.9. The molecule has 0 aromatic heterocycles. The highest BCUT2D eigenvalue weighted by atomic mass is 16.2. The van der Waals surface area contributed by atoms with E-state index in [2.05, 4.69) is 11.4 Å². The van der Waals surface area contributed by atoms with Gasteiger partial charge in [-0.2, -0.15) is 5.26 Å². The third kappa shape index (κ3) is 2.98. The van der Waals surface area contributed by atoms with E-state index < -0.39 is 0 Å². The zero-order valence-electron chi connectivity index (χ0n) is 10.7. The number of benzene rings is 1. The third-order valence-electron chi connectivity index (χ3n) is 3.29. The molecule has 1 N–H and O–H groups in total. The number of carbonyl (C=O) groups excluding carboxylic acids is 2. The number of rotatable bonds is 3. The molecule has 1 aliphatic rings. The number of piperidine rings is 1. The van der Waals surface area contributed by atoms with Crippen LogP contribution in [0.3, 0.4) is 0 Å². The fraction of sp³-hybridized carbons (Fsp3) is 0.357. The highest BCUT2D eigenvalue weighted by molar-refractivity contribution is 6.00. The fourth-order valence-electron chi connectivity index (χ4n) is 2.04. The zero-order chi connectivity index (χ0) is 13.8. The summed E-state index contributed by atoms with van der Waals surface area (Å²) in [5.74, 6) is -0.300. The lowest BCUT2D eigenvalue weighted by molar-refractivity contribution is -0.148. The molecule has 0 aliphatic carbocycles. The van der Waals surface area contributed by atoms with Gasteiger partial charge in [0.05, 0.1) is 17.7 Å². The molecule has 0 radical (unpaired) electrons. The van der Waals surface area contributed by atoms with Crippen molar-refractivity contribution in [2.24, 2.45) is 0 Å². The second kappa shape index (κ2) is 5.63. The molecule has 98 valence electrons. The summed E-state index contributed by atoms with van der Waals surface area (Å²) >= 11 is 0. The Labute approximate surface area is 111 Å². The fourth-order valence-corrected chi connectivity index (χ4v) is 2.04. The maximum absolute atomic E-state index is 11.9. The Morgan fingerprint density at radius 2 is 2.05 bits per heavy atom. The molecule has 2 rings (SSSR count). The van der Waals surface area contributed by atoms with Crippen LogP contribution in [0, 0.1) is 11.3 Å². The number of hydrogen-bond donors (Lipinski definition) is 1. The predicted octanol–water partition coefficient (Wildman–Crippen LogP) is 0.795. The molecule has 0 spiro atoms. The first-order chi connectivity index (χ1) is 9.11. The molecule has 1 aromatic rings. The standard InChI is InChI=1S/C14H15N3O2/c1-17-13(18)7-6-12(14(17)19)16-9-11-4-2-10(8-15)3-5-11/h2-5,12,16H,6-7,9H2,1H3. The minimum absolute atomic E-state index is 0.124. The van der Waals surface area contributed by atoms with Crippen molar-refractivity contribution in [3.05, 3.63) is 35.4 Å². The van der Waals surface area contributed by atoms with E-state index in [1.165, 1.54) is 11.9 Å². The van der Waals surface area contributed by atoms with Crippen molar-refractivity contribution < 1.29 is 9.59 Å². The van der Waals surface area contributed by atoms with E-state index in [0.717, 1.165) is 5.56 Å². The number of likely N-dealkylation sites (N-methyl/N-ethyl adjacent to an activating group) is 1. The molecular weight excluding hydrogens is 242 g/mol. The van der Waals surface area contributed by atoms with E-state index in [4.69, 9.17) is 5.26 Å². The number of amides is 2. The summed E-state index contributed by atoms with van der Waals surface area (Å²) in [6.45, 7) is 0.546. The molecular formula is C14H15N3O2. The van der Waals surface area contributed by atoms with Crippen molar-refractivity contribution in [3.8, 4) is 6.07 Å². The van der Waals surface area contributed by atoms with Crippen LogP contribution in [0.5, 0.6) is 0 Å². The van der Waals surface area contributed by atoms with Gasteiger partial charge in [-0.05, 0) is 24.1 Å². The normalized spacial score (nSPS) is 19.4. The van der Waals surface area contributed by atoms with Gasteiger partial charge in [-0.3, -0.25) is 14.5 Å². The lowest BCUT2D eigenvalue weighted by Gasteiger charge is -2.28. The van der Waals surface area contributed by atoms with E-state index in [1.807, 2.05) is 12.1 Å². The minimum atomic E-state index is -0.307. The minimum Gasteiger partial charge on any atom is -0.302 e. The molecule has 1 atom stereocenters. The molecule has 19 heavy (non-hydrogen) atoms. The molecule has 2 amide bonds. The molecule has 1 saturated heterocycles. The number of nitriles is 1. The Bertz CT molecular complexity index is 531. The number of nitrogens with zero attached hydrogens (tertiary/aromatic N) is 2. The molecule has 1 heterocycles. The van der Waals surface area contributed by atoms with Crippen molar-refractivity contribution >= 4 is 11.8 Å². The summed E-state index contributed by atoms with van der Waals surface area (Å²) < 4.78 is 0. The van der Waals surface area contributed by atoms with Crippen LogP contribution in [-0.4, -0.2) is 29.8 Å². The summed E-state index contributed by atoms with van der Waals surface area (Å²) in [7, 11) is 1.51. The molecule has 0 bridgehead atoms. The predicted molar refractivity (Wildman–Crippen MR) is 68.8 cm³/mol. The zero-order valence-corrected chi connectivity index (χ0v) is 10.7. The van der Waals surface area contributed by atoms with E-state index in [1.54, 1.807) is 12.1 Å². The lowest BCUT2D eigenvalue weighted by Crippen LogP contribution is -2.51. The Kier molecular flexibility index (Phi) is 3.93. The largest absolute Gasteiger partial charge is 0.302 e. The molecule has 5 heteroatoms. The van der Waals surface area contributed by atoms with Gasteiger partial charge < -0.3 is 5.32 Å². The van der Waals surface area contributed by atoms with Crippen LogP contribution in [0.25, 0.3) is 0 Å². The molecule has 1 aromatic carbocycles. The molecule has 0 saturated carbocycles. The van der Waals surface area contributed by atoms with Crippen molar-refractivity contribution in [1.29, 1.82) is 5.26 Å². The maximum Gasteiger partial charge on any atom is 0.246 e. The van der Waals surface area contributed by atoms with Crippen LogP contribution in [-0.2, 0) is 16.1 Å². The van der Waals surface area contributed by atoms with Gasteiger partial charge in [0, 0.05) is 20.0 Å². The van der Waals surface area contributed by atoms with Crippen LogP contribution < -0.4 is 5.32 Å². The van der Waals surface area contributed by atoms with Gasteiger partial charge in [0.25, 0.3) is 0 Å². The Morgan fingerprint density at radius 1 is 1.37 bits per heavy atom. The number of imide groups is 1. The first kappa shape index (κ1) is 13.2. The topological polar surface area (TPSA) is 73.2 Å². The van der Waals surface area contributed by atoms with Crippen molar-refractivity contribution in [2.45, 2.75) is 25.4 Å². The summed E-state index contributed by atoms with van der Waals surface area (Å²) in [5, 5.41) is 11.9. The summed E-state index contributed by atoms with van der Waals surface area (Å²) in [5.41, 5.74) is 1.62. The van der Waals surface area contributed by atoms with Crippen LogP contribution in [0.4, 0.5) is 0 Å².